The number of nitrogens with zero attached hydrogens (tertiary/aromatic N) is 1. The highest BCUT2D eigenvalue weighted by Gasteiger charge is 2.12. The molecule has 0 aromatic heterocycles. The molecule has 0 aliphatic heterocycles. The van der Waals surface area contributed by atoms with E-state index in [1.54, 1.807) is 54.6 Å². The van der Waals surface area contributed by atoms with Crippen LogP contribution in [0.15, 0.2) is 107 Å². The van der Waals surface area contributed by atoms with Crippen LogP contribution in [-0.4, -0.2) is 56.3 Å². The molecule has 4 rings (SSSR count). The Labute approximate surface area is 254 Å². The van der Waals surface area contributed by atoms with Crippen molar-refractivity contribution in [2.75, 3.05) is 11.5 Å². The molecule has 216 valence electrons. The maximum atomic E-state index is 12.1. The molecule has 0 radical (unpaired) electrons. The number of carboxylic acids is 3. The second kappa shape index (κ2) is 15.7. The van der Waals surface area contributed by atoms with Crippen molar-refractivity contribution in [1.29, 1.82) is 5.26 Å². The summed E-state index contributed by atoms with van der Waals surface area (Å²) in [5, 5.41) is 35.6. The average molecular weight is 614 g/mol. The van der Waals surface area contributed by atoms with Crippen LogP contribution in [0.2, 0.25) is 0 Å². The van der Waals surface area contributed by atoms with Crippen LogP contribution >= 0.6 is 23.5 Å². The van der Waals surface area contributed by atoms with Gasteiger partial charge in [-0.1, -0.05) is 36.4 Å². The molecule has 0 unspecified atom stereocenters. The minimum absolute atomic E-state index is 0.0590. The predicted molar refractivity (Wildman–Crippen MR) is 161 cm³/mol. The van der Waals surface area contributed by atoms with Crippen molar-refractivity contribution >= 4 is 53.0 Å². The van der Waals surface area contributed by atoms with E-state index in [9.17, 15) is 24.0 Å². The fraction of sp³-hybridized carbons (Fsp3) is 0.0625. The molecule has 0 heterocycles. The first kappa shape index (κ1) is 32.3. The molecule has 43 heavy (non-hydrogen) atoms. The summed E-state index contributed by atoms with van der Waals surface area (Å²) in [7, 11) is 0. The Morgan fingerprint density at radius 3 is 1.35 bits per heavy atom. The van der Waals surface area contributed by atoms with Gasteiger partial charge in [0.25, 0.3) is 0 Å². The standard InChI is InChI=1S/C16H11NO3S.C16H12O5S/c17-9-11-3-1-4-12(7-11)15(18)10-21-14-6-2-5-13(8-14)16(19)20;17-14(10-3-1-4-11(7-10)15(18)19)9-22-13-6-2-5-12(8-13)16(20)21/h1-8H,10H2,(H,19,20);1-8H,9H2,(H,18,19)(H,20,21). The van der Waals surface area contributed by atoms with Gasteiger partial charge in [0, 0.05) is 20.9 Å². The number of thioether (sulfide) groups is 2. The SMILES string of the molecule is N#Cc1cccc(C(=O)CSc2cccc(C(=O)O)c2)c1.O=C(O)c1cccc(SCC(=O)c2cccc(C(=O)O)c2)c1. The van der Waals surface area contributed by atoms with E-state index in [1.165, 1.54) is 66.0 Å². The van der Waals surface area contributed by atoms with Gasteiger partial charge in [0.2, 0.25) is 0 Å². The first-order chi connectivity index (χ1) is 20.6. The number of ketones is 2. The molecule has 0 fully saturated rings. The van der Waals surface area contributed by atoms with E-state index in [-0.39, 0.29) is 39.8 Å². The topological polar surface area (TPSA) is 170 Å². The van der Waals surface area contributed by atoms with Gasteiger partial charge in [0.15, 0.2) is 11.6 Å². The summed E-state index contributed by atoms with van der Waals surface area (Å²) in [5.74, 6) is -3.12. The zero-order valence-corrected chi connectivity index (χ0v) is 23.9. The minimum Gasteiger partial charge on any atom is -0.478 e. The van der Waals surface area contributed by atoms with Crippen molar-refractivity contribution in [1.82, 2.24) is 0 Å². The van der Waals surface area contributed by atoms with Crippen LogP contribution in [0.4, 0.5) is 0 Å². The van der Waals surface area contributed by atoms with Gasteiger partial charge in [-0.05, 0) is 60.7 Å². The van der Waals surface area contributed by atoms with E-state index >= 15 is 0 Å². The summed E-state index contributed by atoms with van der Waals surface area (Å²) in [5.41, 5.74) is 1.66. The zero-order valence-electron chi connectivity index (χ0n) is 22.3. The summed E-state index contributed by atoms with van der Waals surface area (Å²) in [6.45, 7) is 0. The van der Waals surface area contributed by atoms with Crippen LogP contribution in [0.25, 0.3) is 0 Å². The second-order valence-electron chi connectivity index (χ2n) is 8.67. The molecule has 4 aromatic carbocycles. The van der Waals surface area contributed by atoms with Crippen molar-refractivity contribution < 1.29 is 39.3 Å². The van der Waals surface area contributed by atoms with Crippen LogP contribution in [0, 0.1) is 11.3 Å². The normalized spacial score (nSPS) is 10.0. The lowest BCUT2D eigenvalue weighted by Crippen LogP contribution is -2.05. The monoisotopic (exact) mass is 613 g/mol. The lowest BCUT2D eigenvalue weighted by molar-refractivity contribution is 0.0685. The molecule has 3 N–H and O–H groups in total. The van der Waals surface area contributed by atoms with Gasteiger partial charge in [-0.3, -0.25) is 9.59 Å². The van der Waals surface area contributed by atoms with Gasteiger partial charge in [-0.2, -0.15) is 5.26 Å². The Morgan fingerprint density at radius 2 is 0.907 bits per heavy atom. The highest BCUT2D eigenvalue weighted by molar-refractivity contribution is 8.00. The molecule has 0 atom stereocenters. The number of carboxylic acid groups (broad SMARTS) is 3. The summed E-state index contributed by atoms with van der Waals surface area (Å²) in [4.78, 5) is 58.2. The number of hydrogen-bond donors (Lipinski definition) is 3. The summed E-state index contributed by atoms with van der Waals surface area (Å²) >= 11 is 2.48. The van der Waals surface area contributed by atoms with Crippen molar-refractivity contribution in [3.05, 3.63) is 130 Å². The molecule has 0 saturated heterocycles. The maximum absolute atomic E-state index is 12.1. The van der Waals surface area contributed by atoms with Crippen LogP contribution in [0.1, 0.15) is 57.4 Å². The highest BCUT2D eigenvalue weighted by Crippen LogP contribution is 2.22. The van der Waals surface area contributed by atoms with Gasteiger partial charge < -0.3 is 15.3 Å². The van der Waals surface area contributed by atoms with E-state index < -0.39 is 17.9 Å². The van der Waals surface area contributed by atoms with E-state index in [4.69, 9.17) is 20.6 Å². The molecule has 0 spiro atoms. The number of aromatic carboxylic acids is 3. The number of carbonyl (C=O) groups excluding carboxylic acids is 2. The van der Waals surface area contributed by atoms with E-state index in [2.05, 4.69) is 0 Å². The number of benzene rings is 4. The number of Topliss-reactive ketones (excluding diaryl/α,β-unsaturated/α-hetero) is 2. The molecule has 4 aromatic rings. The van der Waals surface area contributed by atoms with E-state index in [1.807, 2.05) is 6.07 Å². The summed E-state index contributed by atoms with van der Waals surface area (Å²) in [6.07, 6.45) is 0. The predicted octanol–water partition coefficient (Wildman–Crippen LogP) is 6.29. The van der Waals surface area contributed by atoms with Gasteiger partial charge in [0.1, 0.15) is 0 Å². The van der Waals surface area contributed by atoms with E-state index in [0.717, 1.165) is 4.90 Å². The lowest BCUT2D eigenvalue weighted by Gasteiger charge is -2.04. The number of carbonyl (C=O) groups is 5. The zero-order chi connectivity index (χ0) is 31.4. The van der Waals surface area contributed by atoms with Crippen LogP contribution < -0.4 is 0 Å². The van der Waals surface area contributed by atoms with Crippen LogP contribution in [0.3, 0.4) is 0 Å². The molecule has 0 amide bonds. The molecule has 0 aliphatic carbocycles. The number of hydrogen-bond acceptors (Lipinski definition) is 8. The molecule has 9 nitrogen and oxygen atoms in total. The molecule has 0 aliphatic rings. The minimum atomic E-state index is -1.09. The quantitative estimate of drug-likeness (QED) is 0.128. The fourth-order valence-electron chi connectivity index (χ4n) is 3.49. The summed E-state index contributed by atoms with van der Waals surface area (Å²) in [6, 6.07) is 27.1. The average Bonchev–Trinajstić information content (AvgIpc) is 3.03. The largest absolute Gasteiger partial charge is 0.478 e. The lowest BCUT2D eigenvalue weighted by atomic mass is 10.1. The molecule has 11 heteroatoms. The van der Waals surface area contributed by atoms with Crippen LogP contribution in [0.5, 0.6) is 0 Å². The van der Waals surface area contributed by atoms with Gasteiger partial charge in [0.05, 0.1) is 39.8 Å². The third-order valence-corrected chi connectivity index (χ3v) is 7.63. The van der Waals surface area contributed by atoms with Crippen molar-refractivity contribution in [3.8, 4) is 6.07 Å². The number of nitriles is 1. The molecular formula is C32H23NO8S2. The van der Waals surface area contributed by atoms with Crippen molar-refractivity contribution in [2.45, 2.75) is 9.79 Å². The van der Waals surface area contributed by atoms with E-state index in [0.29, 0.717) is 21.6 Å². The maximum Gasteiger partial charge on any atom is 0.335 e. The van der Waals surface area contributed by atoms with Gasteiger partial charge in [-0.15, -0.1) is 23.5 Å². The first-order valence-corrected chi connectivity index (χ1v) is 14.4. The Hall–Kier alpha value is -5.18. The molecule has 0 saturated carbocycles. The Balaban J connectivity index is 0.000000236. The Bertz CT molecular complexity index is 1730. The number of rotatable bonds is 11. The summed E-state index contributed by atoms with van der Waals surface area (Å²) < 4.78 is 0. The Morgan fingerprint density at radius 1 is 0.535 bits per heavy atom. The second-order valence-corrected chi connectivity index (χ2v) is 10.8. The molecular weight excluding hydrogens is 590 g/mol. The van der Waals surface area contributed by atoms with Crippen molar-refractivity contribution in [3.63, 3.8) is 0 Å². The smallest absolute Gasteiger partial charge is 0.335 e. The van der Waals surface area contributed by atoms with Gasteiger partial charge >= 0.3 is 17.9 Å². The highest BCUT2D eigenvalue weighted by atomic mass is 32.2. The molecule has 0 bridgehead atoms. The van der Waals surface area contributed by atoms with Crippen molar-refractivity contribution in [2.24, 2.45) is 0 Å². The fourth-order valence-corrected chi connectivity index (χ4v) is 5.19. The third-order valence-electron chi connectivity index (χ3n) is 5.65. The third kappa shape index (κ3) is 10.00. The van der Waals surface area contributed by atoms with Crippen LogP contribution in [-0.2, 0) is 0 Å². The Kier molecular flexibility index (Phi) is 11.8. The first-order valence-electron chi connectivity index (χ1n) is 12.4. The van der Waals surface area contributed by atoms with Gasteiger partial charge in [-0.25, -0.2) is 14.4 Å².